The molecule has 0 radical (unpaired) electrons. The molecule has 0 aromatic carbocycles. The Morgan fingerprint density at radius 2 is 1.87 bits per heavy atom. The first kappa shape index (κ1) is 14.3. The molecule has 0 atom stereocenters. The van der Waals surface area contributed by atoms with Gasteiger partial charge in [0.25, 0.3) is 10.2 Å². The van der Waals surface area contributed by atoms with Gasteiger partial charge >= 0.3 is 0 Å². The van der Waals surface area contributed by atoms with Crippen molar-refractivity contribution in [2.24, 2.45) is 5.73 Å². The highest BCUT2D eigenvalue weighted by atomic mass is 32.2. The zero-order valence-corrected chi connectivity index (χ0v) is 10.5. The summed E-state index contributed by atoms with van der Waals surface area (Å²) in [5.74, 6) is -0.00499. The quantitative estimate of drug-likeness (QED) is 0.495. The lowest BCUT2D eigenvalue weighted by Crippen LogP contribution is -2.45. The van der Waals surface area contributed by atoms with E-state index in [1.165, 1.54) is 18.4 Å². The summed E-state index contributed by atoms with van der Waals surface area (Å²) in [6, 6.07) is -0.142. The Morgan fingerprint density at radius 1 is 1.40 bits per heavy atom. The standard InChI is InChI=1S/C8H20N4O2S/c1-7(2)12(6-5-8(9)10)15(13,14)11(3)4/h7H,5-6H2,1-4H3,(H3,9,10). The van der Waals surface area contributed by atoms with Crippen molar-refractivity contribution in [3.8, 4) is 0 Å². The fourth-order valence-corrected chi connectivity index (χ4v) is 2.35. The van der Waals surface area contributed by atoms with Crippen molar-refractivity contribution in [1.82, 2.24) is 8.61 Å². The first-order valence-corrected chi connectivity index (χ1v) is 6.11. The topological polar surface area (TPSA) is 90.5 Å². The molecule has 6 nitrogen and oxygen atoms in total. The molecule has 0 heterocycles. The van der Waals surface area contributed by atoms with Crippen LogP contribution in [0.25, 0.3) is 0 Å². The Balaban J connectivity index is 4.75. The van der Waals surface area contributed by atoms with E-state index >= 15 is 0 Å². The van der Waals surface area contributed by atoms with Crippen LogP contribution >= 0.6 is 0 Å². The highest BCUT2D eigenvalue weighted by Gasteiger charge is 2.26. The van der Waals surface area contributed by atoms with E-state index in [2.05, 4.69) is 0 Å². The normalized spacial score (nSPS) is 12.7. The van der Waals surface area contributed by atoms with E-state index in [9.17, 15) is 8.42 Å². The monoisotopic (exact) mass is 236 g/mol. The largest absolute Gasteiger partial charge is 0.388 e. The van der Waals surface area contributed by atoms with E-state index in [0.717, 1.165) is 4.31 Å². The van der Waals surface area contributed by atoms with Gasteiger partial charge in [-0.25, -0.2) is 0 Å². The van der Waals surface area contributed by atoms with Crippen LogP contribution in [-0.2, 0) is 10.2 Å². The molecule has 0 aliphatic heterocycles. The van der Waals surface area contributed by atoms with Crippen LogP contribution < -0.4 is 5.73 Å². The lowest BCUT2D eigenvalue weighted by Gasteiger charge is -2.28. The maximum atomic E-state index is 11.8. The molecule has 0 aliphatic carbocycles. The van der Waals surface area contributed by atoms with Gasteiger partial charge < -0.3 is 5.73 Å². The van der Waals surface area contributed by atoms with E-state index in [1.807, 2.05) is 0 Å². The zero-order valence-electron chi connectivity index (χ0n) is 9.69. The van der Waals surface area contributed by atoms with Crippen LogP contribution in [0.2, 0.25) is 0 Å². The third-order valence-corrected chi connectivity index (χ3v) is 4.06. The summed E-state index contributed by atoms with van der Waals surface area (Å²) >= 11 is 0. The van der Waals surface area contributed by atoms with E-state index in [1.54, 1.807) is 13.8 Å². The summed E-state index contributed by atoms with van der Waals surface area (Å²) in [5.41, 5.74) is 5.21. The van der Waals surface area contributed by atoms with Gasteiger partial charge in [0.05, 0.1) is 5.84 Å². The summed E-state index contributed by atoms with van der Waals surface area (Å²) in [5, 5.41) is 7.08. The molecular weight excluding hydrogens is 216 g/mol. The van der Waals surface area contributed by atoms with Crippen molar-refractivity contribution in [3.05, 3.63) is 0 Å². The van der Waals surface area contributed by atoms with Gasteiger partial charge in [-0.05, 0) is 13.8 Å². The zero-order chi connectivity index (χ0) is 12.2. The van der Waals surface area contributed by atoms with E-state index < -0.39 is 10.2 Å². The number of amidine groups is 1. The average molecular weight is 236 g/mol. The van der Waals surface area contributed by atoms with Gasteiger partial charge in [0, 0.05) is 33.1 Å². The summed E-state index contributed by atoms with van der Waals surface area (Å²) in [6.07, 6.45) is 0.255. The second-order valence-electron chi connectivity index (χ2n) is 3.77. The molecule has 7 heteroatoms. The highest BCUT2D eigenvalue weighted by molar-refractivity contribution is 7.86. The van der Waals surface area contributed by atoms with Crippen LogP contribution in [0.15, 0.2) is 0 Å². The van der Waals surface area contributed by atoms with Crippen molar-refractivity contribution < 1.29 is 8.42 Å². The fraction of sp³-hybridized carbons (Fsp3) is 0.875. The van der Waals surface area contributed by atoms with Crippen molar-refractivity contribution in [2.75, 3.05) is 20.6 Å². The molecule has 0 saturated heterocycles. The lowest BCUT2D eigenvalue weighted by atomic mass is 10.3. The summed E-state index contributed by atoms with van der Waals surface area (Å²) in [7, 11) is -0.450. The van der Waals surface area contributed by atoms with Crippen molar-refractivity contribution in [1.29, 1.82) is 5.41 Å². The van der Waals surface area contributed by atoms with Crippen LogP contribution in [0, 0.1) is 5.41 Å². The number of hydrogen-bond donors (Lipinski definition) is 2. The van der Waals surface area contributed by atoms with Crippen molar-refractivity contribution >= 4 is 16.0 Å². The molecule has 0 aromatic rings. The highest BCUT2D eigenvalue weighted by Crippen LogP contribution is 2.09. The van der Waals surface area contributed by atoms with Crippen LogP contribution in [0.5, 0.6) is 0 Å². The molecule has 90 valence electrons. The summed E-state index contributed by atoms with van der Waals surface area (Å²) < 4.78 is 26.1. The average Bonchev–Trinajstić information content (AvgIpc) is 2.01. The lowest BCUT2D eigenvalue weighted by molar-refractivity contribution is 0.334. The Kier molecular flexibility index (Phi) is 5.19. The Morgan fingerprint density at radius 3 is 2.13 bits per heavy atom. The number of rotatable bonds is 6. The number of nitrogens with zero attached hydrogens (tertiary/aromatic N) is 2. The summed E-state index contributed by atoms with van der Waals surface area (Å²) in [6.45, 7) is 3.83. The molecule has 0 rings (SSSR count). The van der Waals surface area contributed by atoms with E-state index in [-0.39, 0.29) is 24.8 Å². The second-order valence-corrected chi connectivity index (χ2v) is 5.86. The SMILES string of the molecule is CC(C)N(CCC(=N)N)S(=O)(=O)N(C)C. The molecule has 0 bridgehead atoms. The van der Waals surface area contributed by atoms with Crippen LogP contribution in [0.1, 0.15) is 20.3 Å². The van der Waals surface area contributed by atoms with E-state index in [0.29, 0.717) is 0 Å². The smallest absolute Gasteiger partial charge is 0.281 e. The molecule has 0 fully saturated rings. The molecule has 0 aliphatic rings. The number of nitrogens with one attached hydrogen (secondary N) is 1. The van der Waals surface area contributed by atoms with Gasteiger partial charge in [0.1, 0.15) is 0 Å². The predicted molar refractivity (Wildman–Crippen MR) is 61.0 cm³/mol. The molecule has 3 N–H and O–H groups in total. The van der Waals surface area contributed by atoms with Gasteiger partial charge in [0.15, 0.2) is 0 Å². The van der Waals surface area contributed by atoms with Gasteiger partial charge in [0.2, 0.25) is 0 Å². The van der Waals surface area contributed by atoms with Crippen molar-refractivity contribution in [3.63, 3.8) is 0 Å². The van der Waals surface area contributed by atoms with Crippen LogP contribution in [0.4, 0.5) is 0 Å². The minimum atomic E-state index is -3.42. The van der Waals surface area contributed by atoms with Gasteiger partial charge in [-0.1, -0.05) is 0 Å². The second kappa shape index (κ2) is 5.43. The van der Waals surface area contributed by atoms with E-state index in [4.69, 9.17) is 11.1 Å². The third kappa shape index (κ3) is 4.15. The maximum absolute atomic E-state index is 11.8. The minimum absolute atomic E-state index is 0.00499. The Hall–Kier alpha value is -0.660. The third-order valence-electron chi connectivity index (χ3n) is 1.94. The maximum Gasteiger partial charge on any atom is 0.281 e. The molecule has 0 spiro atoms. The molecule has 0 unspecified atom stereocenters. The van der Waals surface area contributed by atoms with Gasteiger partial charge in [-0.2, -0.15) is 17.0 Å². The molecule has 0 saturated carbocycles. The van der Waals surface area contributed by atoms with Gasteiger partial charge in [-0.15, -0.1) is 0 Å². The first-order valence-electron chi connectivity index (χ1n) is 4.71. The molecule has 0 aromatic heterocycles. The predicted octanol–water partition coefficient (Wildman–Crippen LogP) is -0.171. The Labute approximate surface area is 91.7 Å². The molecular formula is C8H20N4O2S. The number of hydrogen-bond acceptors (Lipinski definition) is 3. The summed E-state index contributed by atoms with van der Waals surface area (Å²) in [4.78, 5) is 0. The first-order chi connectivity index (χ1) is 6.69. The minimum Gasteiger partial charge on any atom is -0.388 e. The molecule has 0 amide bonds. The fourth-order valence-electron chi connectivity index (χ4n) is 1.08. The van der Waals surface area contributed by atoms with Crippen LogP contribution in [-0.4, -0.2) is 49.5 Å². The van der Waals surface area contributed by atoms with Gasteiger partial charge in [-0.3, -0.25) is 5.41 Å². The van der Waals surface area contributed by atoms with Crippen molar-refractivity contribution in [2.45, 2.75) is 26.3 Å². The number of nitrogens with two attached hydrogens (primary N) is 1. The molecule has 15 heavy (non-hydrogen) atoms. The van der Waals surface area contributed by atoms with Crippen LogP contribution in [0.3, 0.4) is 0 Å². The Bertz CT molecular complexity index is 311.